The van der Waals surface area contributed by atoms with Gasteiger partial charge in [-0.15, -0.1) is 0 Å². The molecule has 0 spiro atoms. The van der Waals surface area contributed by atoms with Gasteiger partial charge in [-0.2, -0.15) is 5.10 Å². The van der Waals surface area contributed by atoms with Crippen molar-refractivity contribution < 1.29 is 9.90 Å². The van der Waals surface area contributed by atoms with E-state index in [9.17, 15) is 4.79 Å². The van der Waals surface area contributed by atoms with Crippen molar-refractivity contribution in [3.05, 3.63) is 126 Å². The van der Waals surface area contributed by atoms with E-state index in [1.54, 1.807) is 12.3 Å². The van der Waals surface area contributed by atoms with Crippen molar-refractivity contribution in [1.82, 2.24) is 15.2 Å². The second-order valence-corrected chi connectivity index (χ2v) is 8.47. The molecule has 0 aliphatic carbocycles. The molecule has 36 heavy (non-hydrogen) atoms. The van der Waals surface area contributed by atoms with Gasteiger partial charge in [0.15, 0.2) is 0 Å². The largest absolute Gasteiger partial charge is 0.478 e. The lowest BCUT2D eigenvalue weighted by molar-refractivity contribution is -0.131. The highest BCUT2D eigenvalue weighted by Gasteiger charge is 2.14. The Kier molecular flexibility index (Phi) is 6.54. The minimum atomic E-state index is -0.963. The van der Waals surface area contributed by atoms with Gasteiger partial charge >= 0.3 is 5.97 Å². The van der Waals surface area contributed by atoms with Crippen molar-refractivity contribution in [3.63, 3.8) is 0 Å². The Morgan fingerprint density at radius 1 is 0.917 bits per heavy atom. The van der Waals surface area contributed by atoms with E-state index < -0.39 is 5.97 Å². The molecule has 0 saturated heterocycles. The van der Waals surface area contributed by atoms with Gasteiger partial charge in [0.05, 0.1) is 17.4 Å². The minimum absolute atomic E-state index is 0.836. The average Bonchev–Trinajstić information content (AvgIpc) is 3.40. The molecule has 0 atom stereocenters. The summed E-state index contributed by atoms with van der Waals surface area (Å²) in [6.45, 7) is 2.17. The number of rotatable bonds is 7. The first-order valence-electron chi connectivity index (χ1n) is 11.8. The molecule has 3 aromatic carbocycles. The smallest absolute Gasteiger partial charge is 0.328 e. The Morgan fingerprint density at radius 2 is 1.67 bits per heavy atom. The van der Waals surface area contributed by atoms with Gasteiger partial charge < -0.3 is 5.11 Å². The van der Waals surface area contributed by atoms with Crippen LogP contribution in [0.1, 0.15) is 35.6 Å². The van der Waals surface area contributed by atoms with Crippen molar-refractivity contribution in [2.45, 2.75) is 13.3 Å². The minimum Gasteiger partial charge on any atom is -0.478 e. The van der Waals surface area contributed by atoms with Crippen LogP contribution in [0.15, 0.2) is 103 Å². The summed E-state index contributed by atoms with van der Waals surface area (Å²) in [5, 5.41) is 17.2. The molecule has 0 aliphatic rings. The molecule has 5 nitrogen and oxygen atoms in total. The third-order valence-electron chi connectivity index (χ3n) is 6.20. The van der Waals surface area contributed by atoms with Crippen molar-refractivity contribution >= 4 is 34.1 Å². The van der Waals surface area contributed by atoms with E-state index in [1.807, 2.05) is 48.7 Å². The van der Waals surface area contributed by atoms with Crippen LogP contribution in [0.3, 0.4) is 0 Å². The molecule has 176 valence electrons. The van der Waals surface area contributed by atoms with E-state index in [0.717, 1.165) is 62.5 Å². The van der Waals surface area contributed by atoms with Crippen LogP contribution in [0, 0.1) is 0 Å². The Morgan fingerprint density at radius 3 is 2.36 bits per heavy atom. The van der Waals surface area contributed by atoms with Crippen LogP contribution in [0.4, 0.5) is 0 Å². The van der Waals surface area contributed by atoms with Crippen molar-refractivity contribution in [2.24, 2.45) is 0 Å². The monoisotopic (exact) mass is 471 g/mol. The SMILES string of the molecule is CCC(=C(c1ccc(C=CC(=O)O)cc1)c1ccc2[nH]ncc2c1)c1ccc(-c2ccccn2)cc1. The zero-order chi connectivity index (χ0) is 24.9. The molecule has 0 amide bonds. The van der Waals surface area contributed by atoms with Gasteiger partial charge in [-0.25, -0.2) is 4.79 Å². The van der Waals surface area contributed by atoms with Crippen LogP contribution < -0.4 is 0 Å². The zero-order valence-corrected chi connectivity index (χ0v) is 19.8. The summed E-state index contributed by atoms with van der Waals surface area (Å²) in [5.74, 6) is -0.963. The predicted molar refractivity (Wildman–Crippen MR) is 145 cm³/mol. The number of fused-ring (bicyclic) bond motifs is 1. The van der Waals surface area contributed by atoms with Crippen LogP contribution in [0.2, 0.25) is 0 Å². The number of hydrogen-bond donors (Lipinski definition) is 2. The third-order valence-corrected chi connectivity index (χ3v) is 6.20. The Bertz CT molecular complexity index is 1560. The van der Waals surface area contributed by atoms with E-state index in [-0.39, 0.29) is 0 Å². The lowest BCUT2D eigenvalue weighted by atomic mass is 9.87. The van der Waals surface area contributed by atoms with E-state index in [2.05, 4.69) is 64.6 Å². The Hall–Kier alpha value is -4.77. The standard InChI is InChI=1S/C31H25N3O2/c1-2-27(22-11-13-23(14-12-22)28-5-3-4-18-32-28)31(25-15-16-29-26(19-25)20-33-34-29)24-9-6-21(7-10-24)8-17-30(35)36/h3-20H,2H2,1H3,(H,33,34)(H,35,36). The molecule has 2 N–H and O–H groups in total. The number of nitrogens with zero attached hydrogens (tertiary/aromatic N) is 2. The first-order chi connectivity index (χ1) is 17.6. The molecule has 0 aliphatic heterocycles. The van der Waals surface area contributed by atoms with Gasteiger partial charge in [0, 0.05) is 23.2 Å². The third kappa shape index (κ3) is 4.86. The molecule has 0 unspecified atom stereocenters. The molecular formula is C31H25N3O2. The first kappa shape index (κ1) is 23.0. The molecule has 0 radical (unpaired) electrons. The lowest BCUT2D eigenvalue weighted by Gasteiger charge is -2.17. The average molecular weight is 472 g/mol. The maximum atomic E-state index is 10.9. The number of allylic oxidation sites excluding steroid dienone is 1. The predicted octanol–water partition coefficient (Wildman–Crippen LogP) is 7.09. The zero-order valence-electron chi connectivity index (χ0n) is 19.8. The number of pyridine rings is 1. The van der Waals surface area contributed by atoms with Crippen LogP contribution in [0.25, 0.3) is 39.4 Å². The number of H-pyrrole nitrogens is 1. The van der Waals surface area contributed by atoms with Crippen molar-refractivity contribution in [2.75, 3.05) is 0 Å². The number of aliphatic carboxylic acids is 1. The van der Waals surface area contributed by atoms with E-state index in [4.69, 9.17) is 5.11 Å². The maximum absolute atomic E-state index is 10.9. The number of carboxylic acid groups (broad SMARTS) is 1. The van der Waals surface area contributed by atoms with Crippen LogP contribution in [0.5, 0.6) is 0 Å². The molecule has 5 heteroatoms. The lowest BCUT2D eigenvalue weighted by Crippen LogP contribution is -1.96. The van der Waals surface area contributed by atoms with E-state index in [1.165, 1.54) is 5.57 Å². The Balaban J connectivity index is 1.64. The highest BCUT2D eigenvalue weighted by molar-refractivity contribution is 6.00. The van der Waals surface area contributed by atoms with Gasteiger partial charge in [-0.1, -0.05) is 67.6 Å². The molecule has 0 bridgehead atoms. The molecule has 0 fully saturated rings. The molecule has 5 rings (SSSR count). The van der Waals surface area contributed by atoms with Gasteiger partial charge in [0.2, 0.25) is 0 Å². The summed E-state index contributed by atoms with van der Waals surface area (Å²) in [7, 11) is 0. The fourth-order valence-electron chi connectivity index (χ4n) is 4.44. The van der Waals surface area contributed by atoms with Gasteiger partial charge in [-0.05, 0) is 70.2 Å². The summed E-state index contributed by atoms with van der Waals surface area (Å²) >= 11 is 0. The number of hydrogen-bond acceptors (Lipinski definition) is 3. The van der Waals surface area contributed by atoms with Crippen molar-refractivity contribution in [3.8, 4) is 11.3 Å². The summed E-state index contributed by atoms with van der Waals surface area (Å²) < 4.78 is 0. The quantitative estimate of drug-likeness (QED) is 0.196. The Labute approximate surface area is 209 Å². The number of aromatic nitrogens is 3. The summed E-state index contributed by atoms with van der Waals surface area (Å²) in [4.78, 5) is 15.4. The molecule has 2 heterocycles. The summed E-state index contributed by atoms with van der Waals surface area (Å²) in [5.41, 5.74) is 9.52. The number of nitrogens with one attached hydrogen (secondary N) is 1. The van der Waals surface area contributed by atoms with Gasteiger partial charge in [0.25, 0.3) is 0 Å². The topological polar surface area (TPSA) is 78.9 Å². The van der Waals surface area contributed by atoms with Crippen LogP contribution in [-0.2, 0) is 4.79 Å². The number of carbonyl (C=O) groups is 1. The van der Waals surface area contributed by atoms with Gasteiger partial charge in [0.1, 0.15) is 0 Å². The number of benzene rings is 3. The maximum Gasteiger partial charge on any atom is 0.328 e. The fourth-order valence-corrected chi connectivity index (χ4v) is 4.44. The highest BCUT2D eigenvalue weighted by Crippen LogP contribution is 2.36. The van der Waals surface area contributed by atoms with Crippen LogP contribution in [-0.4, -0.2) is 26.3 Å². The van der Waals surface area contributed by atoms with E-state index in [0.29, 0.717) is 0 Å². The second-order valence-electron chi connectivity index (χ2n) is 8.47. The van der Waals surface area contributed by atoms with Crippen molar-refractivity contribution in [1.29, 1.82) is 0 Å². The fraction of sp³-hybridized carbons (Fsp3) is 0.0645. The van der Waals surface area contributed by atoms with E-state index >= 15 is 0 Å². The summed E-state index contributed by atoms with van der Waals surface area (Å²) in [6, 6.07) is 28.8. The first-order valence-corrected chi connectivity index (χ1v) is 11.8. The second kappa shape index (κ2) is 10.2. The van der Waals surface area contributed by atoms with Gasteiger partial charge in [-0.3, -0.25) is 10.1 Å². The summed E-state index contributed by atoms with van der Waals surface area (Å²) in [6.07, 6.45) is 7.23. The molecule has 5 aromatic rings. The molecular weight excluding hydrogens is 446 g/mol. The van der Waals surface area contributed by atoms with Crippen LogP contribution >= 0.6 is 0 Å². The molecule has 2 aromatic heterocycles. The number of carboxylic acids is 1. The normalized spacial score (nSPS) is 12.1. The number of aromatic amines is 1. The highest BCUT2D eigenvalue weighted by atomic mass is 16.4. The molecule has 0 saturated carbocycles.